The Morgan fingerprint density at radius 1 is 1.03 bits per heavy atom. The van der Waals surface area contributed by atoms with E-state index in [-0.39, 0.29) is 41.3 Å². The van der Waals surface area contributed by atoms with Crippen LogP contribution in [-0.2, 0) is 11.8 Å². The molecule has 158 valence electrons. The molecule has 6 nitrogen and oxygen atoms in total. The van der Waals surface area contributed by atoms with Gasteiger partial charge in [0.2, 0.25) is 5.91 Å². The third kappa shape index (κ3) is 2.86. The van der Waals surface area contributed by atoms with E-state index in [4.69, 9.17) is 0 Å². The van der Waals surface area contributed by atoms with E-state index in [0.29, 0.717) is 29.4 Å². The van der Waals surface area contributed by atoms with Crippen LogP contribution in [-0.4, -0.2) is 58.0 Å². The molecule has 4 atom stereocenters. The molecule has 2 saturated heterocycles. The zero-order valence-corrected chi connectivity index (χ0v) is 17.1. The number of rotatable bonds is 3. The van der Waals surface area contributed by atoms with Crippen LogP contribution in [0.5, 0.6) is 0 Å². The molecule has 30 heavy (non-hydrogen) atoms. The number of likely N-dealkylation sites (tertiary alicyclic amines) is 1. The number of pyridine rings is 1. The van der Waals surface area contributed by atoms with Gasteiger partial charge in [0.25, 0.3) is 11.5 Å². The van der Waals surface area contributed by atoms with Gasteiger partial charge in [0, 0.05) is 55.1 Å². The number of aryl methyl sites for hydroxylation is 1. The third-order valence-corrected chi connectivity index (χ3v) is 7.28. The number of carbonyl (C=O) groups is 2. The fraction of sp³-hybridized carbons (Fsp3) is 0.522. The molecule has 3 heterocycles. The molecule has 0 N–H and O–H groups in total. The van der Waals surface area contributed by atoms with Gasteiger partial charge in [0.15, 0.2) is 0 Å². The quantitative estimate of drug-likeness (QED) is 0.779. The van der Waals surface area contributed by atoms with E-state index in [1.807, 2.05) is 21.9 Å². The molecule has 7 heteroatoms. The van der Waals surface area contributed by atoms with Crippen molar-refractivity contribution >= 4 is 22.6 Å². The molecule has 2 aliphatic heterocycles. The largest absolute Gasteiger partial charge is 0.334 e. The topological polar surface area (TPSA) is 62.6 Å². The SMILES string of the molecule is Cn1cc(C(=O)N2C[C@H]3CC[C@@H](C2)N3C(=O)[C@@H]2CC[C@H]2CF)c2ccccc2c1=O. The first kappa shape index (κ1) is 19.3. The number of nitrogens with zero attached hydrogens (tertiary/aromatic N) is 3. The Morgan fingerprint density at radius 2 is 1.70 bits per heavy atom. The van der Waals surface area contributed by atoms with Crippen molar-refractivity contribution < 1.29 is 14.0 Å². The second-order valence-corrected chi connectivity index (χ2v) is 8.94. The molecule has 3 aliphatic rings. The van der Waals surface area contributed by atoms with E-state index in [1.165, 1.54) is 4.57 Å². The van der Waals surface area contributed by atoms with E-state index in [2.05, 4.69) is 0 Å². The molecule has 5 rings (SSSR count). The summed E-state index contributed by atoms with van der Waals surface area (Å²) in [5.74, 6) is -0.339. The number of halogens is 1. The monoisotopic (exact) mass is 411 g/mol. The molecule has 1 aromatic heterocycles. The van der Waals surface area contributed by atoms with Gasteiger partial charge in [-0.05, 0) is 37.7 Å². The maximum absolute atomic E-state index is 13.4. The van der Waals surface area contributed by atoms with E-state index in [0.717, 1.165) is 25.7 Å². The first-order valence-electron chi connectivity index (χ1n) is 10.8. The predicted octanol–water partition coefficient (Wildman–Crippen LogP) is 2.35. The summed E-state index contributed by atoms with van der Waals surface area (Å²) in [4.78, 5) is 42.7. The summed E-state index contributed by atoms with van der Waals surface area (Å²) >= 11 is 0. The van der Waals surface area contributed by atoms with Crippen LogP contribution in [0.15, 0.2) is 35.3 Å². The van der Waals surface area contributed by atoms with E-state index in [1.54, 1.807) is 25.4 Å². The van der Waals surface area contributed by atoms with Crippen molar-refractivity contribution in [2.45, 2.75) is 37.8 Å². The minimum absolute atomic E-state index is 0.000132. The maximum atomic E-state index is 13.4. The van der Waals surface area contributed by atoms with E-state index in [9.17, 15) is 18.8 Å². The molecule has 2 aromatic rings. The van der Waals surface area contributed by atoms with Crippen molar-refractivity contribution in [2.75, 3.05) is 19.8 Å². The van der Waals surface area contributed by atoms with Crippen LogP contribution < -0.4 is 5.56 Å². The van der Waals surface area contributed by atoms with Gasteiger partial charge in [0.1, 0.15) is 0 Å². The Morgan fingerprint density at radius 3 is 2.30 bits per heavy atom. The minimum Gasteiger partial charge on any atom is -0.334 e. The van der Waals surface area contributed by atoms with Gasteiger partial charge in [-0.3, -0.25) is 18.8 Å². The van der Waals surface area contributed by atoms with Crippen LogP contribution in [0.3, 0.4) is 0 Å². The third-order valence-electron chi connectivity index (χ3n) is 7.28. The van der Waals surface area contributed by atoms with Crippen LogP contribution in [0.25, 0.3) is 10.8 Å². The van der Waals surface area contributed by atoms with Crippen LogP contribution >= 0.6 is 0 Å². The zero-order valence-electron chi connectivity index (χ0n) is 17.1. The summed E-state index contributed by atoms with van der Waals surface area (Å²) < 4.78 is 14.6. The highest BCUT2D eigenvalue weighted by Crippen LogP contribution is 2.40. The Hall–Kier alpha value is -2.70. The van der Waals surface area contributed by atoms with Gasteiger partial charge in [0.05, 0.1) is 12.2 Å². The summed E-state index contributed by atoms with van der Waals surface area (Å²) in [6.45, 7) is 0.556. The second kappa shape index (κ2) is 7.22. The lowest BCUT2D eigenvalue weighted by molar-refractivity contribution is -0.147. The summed E-state index contributed by atoms with van der Waals surface area (Å²) in [6, 6.07) is 7.19. The fourth-order valence-corrected chi connectivity index (χ4v) is 5.46. The van der Waals surface area contributed by atoms with E-state index < -0.39 is 6.67 Å². The Labute approximate surface area is 174 Å². The summed E-state index contributed by atoms with van der Waals surface area (Å²) in [5.41, 5.74) is 0.393. The number of amides is 2. The smallest absolute Gasteiger partial charge is 0.258 e. The predicted molar refractivity (Wildman–Crippen MR) is 111 cm³/mol. The number of benzene rings is 1. The normalized spacial score (nSPS) is 27.9. The van der Waals surface area contributed by atoms with Gasteiger partial charge >= 0.3 is 0 Å². The average molecular weight is 411 g/mol. The molecule has 2 amide bonds. The number of hydrogen-bond donors (Lipinski definition) is 0. The molecule has 0 unspecified atom stereocenters. The highest BCUT2D eigenvalue weighted by atomic mass is 19.1. The number of piperazine rings is 1. The summed E-state index contributed by atoms with van der Waals surface area (Å²) in [7, 11) is 1.66. The molecule has 2 bridgehead atoms. The van der Waals surface area contributed by atoms with Gasteiger partial charge in [-0.1, -0.05) is 18.2 Å². The van der Waals surface area contributed by atoms with Crippen LogP contribution in [0.2, 0.25) is 0 Å². The van der Waals surface area contributed by atoms with Crippen LogP contribution in [0.4, 0.5) is 4.39 Å². The van der Waals surface area contributed by atoms with E-state index >= 15 is 0 Å². The molecule has 1 aliphatic carbocycles. The lowest BCUT2D eigenvalue weighted by Gasteiger charge is -2.45. The van der Waals surface area contributed by atoms with Crippen molar-refractivity contribution in [2.24, 2.45) is 18.9 Å². The fourth-order valence-electron chi connectivity index (χ4n) is 5.46. The standard InChI is InChI=1S/C23H26FN3O3/c1-25-13-20(18-4-2-3-5-19(18)21(25)28)22(29)26-11-15-7-8-16(12-26)27(15)23(30)17-9-6-14(17)10-24/h2-5,13-17H,6-12H2,1H3/t14-,15-,16+,17+/m0/s1. The van der Waals surface area contributed by atoms with Crippen LogP contribution in [0, 0.1) is 11.8 Å². The van der Waals surface area contributed by atoms with Crippen molar-refractivity contribution in [3.8, 4) is 0 Å². The Bertz CT molecular complexity index is 1070. The maximum Gasteiger partial charge on any atom is 0.258 e. The molecular formula is C23H26FN3O3. The van der Waals surface area contributed by atoms with Crippen molar-refractivity contribution in [3.63, 3.8) is 0 Å². The summed E-state index contributed by atoms with van der Waals surface area (Å²) in [5, 5.41) is 1.20. The summed E-state index contributed by atoms with van der Waals surface area (Å²) in [6.07, 6.45) is 4.94. The molecule has 3 fully saturated rings. The number of carbonyl (C=O) groups excluding carboxylic acids is 2. The van der Waals surface area contributed by atoms with Gasteiger partial charge in [-0.2, -0.15) is 0 Å². The highest BCUT2D eigenvalue weighted by Gasteiger charge is 2.48. The van der Waals surface area contributed by atoms with Gasteiger partial charge in [-0.15, -0.1) is 0 Å². The van der Waals surface area contributed by atoms with Crippen molar-refractivity contribution in [3.05, 3.63) is 46.4 Å². The number of alkyl halides is 1. The number of fused-ring (bicyclic) bond motifs is 3. The second-order valence-electron chi connectivity index (χ2n) is 8.94. The van der Waals surface area contributed by atoms with Crippen molar-refractivity contribution in [1.29, 1.82) is 0 Å². The Kier molecular flexibility index (Phi) is 4.64. The van der Waals surface area contributed by atoms with Gasteiger partial charge < -0.3 is 14.4 Å². The molecule has 1 saturated carbocycles. The first-order valence-corrected chi connectivity index (χ1v) is 10.8. The van der Waals surface area contributed by atoms with Crippen molar-refractivity contribution in [1.82, 2.24) is 14.4 Å². The number of aromatic nitrogens is 1. The number of hydrogen-bond acceptors (Lipinski definition) is 3. The zero-order chi connectivity index (χ0) is 21.0. The Balaban J connectivity index is 1.40. The molecule has 0 spiro atoms. The molecular weight excluding hydrogens is 385 g/mol. The lowest BCUT2D eigenvalue weighted by Crippen LogP contribution is -2.59. The van der Waals surface area contributed by atoms with Crippen LogP contribution in [0.1, 0.15) is 36.0 Å². The van der Waals surface area contributed by atoms with Gasteiger partial charge in [-0.25, -0.2) is 0 Å². The average Bonchev–Trinajstić information content (AvgIpc) is 2.99. The minimum atomic E-state index is -0.427. The molecule has 0 radical (unpaired) electrons. The first-order chi connectivity index (χ1) is 14.5. The highest BCUT2D eigenvalue weighted by molar-refractivity contribution is 6.06. The molecule has 1 aromatic carbocycles. The lowest BCUT2D eigenvalue weighted by atomic mass is 9.73.